The van der Waals surface area contributed by atoms with Crippen LogP contribution in [0.2, 0.25) is 0 Å². The van der Waals surface area contributed by atoms with E-state index in [-0.39, 0.29) is 55.4 Å². The second kappa shape index (κ2) is 13.4. The molecule has 0 spiro atoms. The number of allylic oxidation sites excluding steroid dienone is 1. The molecule has 0 radical (unpaired) electrons. The van der Waals surface area contributed by atoms with E-state index in [2.05, 4.69) is 48.1 Å². The van der Waals surface area contributed by atoms with E-state index in [0.29, 0.717) is 36.2 Å². The minimum absolute atomic E-state index is 0.0336. The fourth-order valence-electron chi connectivity index (χ4n) is 13.9. The Morgan fingerprint density at radius 2 is 1.28 bits per heavy atom. The Balaban J connectivity index is 1.14. The summed E-state index contributed by atoms with van der Waals surface area (Å²) < 4.78 is 12.4. The van der Waals surface area contributed by atoms with E-state index < -0.39 is 23.9 Å². The van der Waals surface area contributed by atoms with E-state index in [9.17, 15) is 29.4 Å². The normalized spacial score (nSPS) is 37.7. The van der Waals surface area contributed by atoms with Crippen molar-refractivity contribution in [3.63, 3.8) is 0 Å². The number of rotatable bonds is 8. The van der Waals surface area contributed by atoms with E-state index in [1.54, 1.807) is 36.4 Å². The van der Waals surface area contributed by atoms with Gasteiger partial charge in [-0.1, -0.05) is 71.0 Å². The van der Waals surface area contributed by atoms with Gasteiger partial charge >= 0.3 is 23.9 Å². The van der Waals surface area contributed by atoms with Crippen molar-refractivity contribution in [2.45, 2.75) is 112 Å². The predicted octanol–water partition coefficient (Wildman–Crippen LogP) is 10.1. The van der Waals surface area contributed by atoms with Crippen molar-refractivity contribution < 1.29 is 38.9 Å². The van der Waals surface area contributed by atoms with Crippen LogP contribution in [0, 0.1) is 56.7 Å². The van der Waals surface area contributed by atoms with Crippen LogP contribution in [0.1, 0.15) is 147 Å². The van der Waals surface area contributed by atoms with Crippen molar-refractivity contribution in [3.8, 4) is 0 Å². The van der Waals surface area contributed by atoms with Gasteiger partial charge in [-0.25, -0.2) is 19.2 Å². The number of hydrogen-bond acceptors (Lipinski definition) is 6. The van der Waals surface area contributed by atoms with E-state index in [4.69, 9.17) is 9.47 Å². The number of aromatic carboxylic acids is 2. The van der Waals surface area contributed by atoms with Gasteiger partial charge in [-0.05, 0) is 141 Å². The number of esters is 2. The lowest BCUT2D eigenvalue weighted by molar-refractivity contribution is -0.249. The second-order valence-corrected chi connectivity index (χ2v) is 19.1. The van der Waals surface area contributed by atoms with Crippen LogP contribution in [0.25, 0.3) is 0 Å². The molecule has 5 fully saturated rings. The predicted molar refractivity (Wildman–Crippen MR) is 205 cm³/mol. The number of fused-ring (bicyclic) bond motifs is 7. The smallest absolute Gasteiger partial charge is 0.339 e. The molecule has 2 N–H and O–H groups in total. The van der Waals surface area contributed by atoms with Crippen molar-refractivity contribution >= 4 is 23.9 Å². The van der Waals surface area contributed by atoms with Crippen LogP contribution >= 0.6 is 0 Å². The number of carboxylic acids is 2. The summed E-state index contributed by atoms with van der Waals surface area (Å²) in [6.07, 6.45) is 9.77. The molecule has 2 aromatic rings. The van der Waals surface area contributed by atoms with Gasteiger partial charge in [0.15, 0.2) is 0 Å². The minimum atomic E-state index is -1.14. The van der Waals surface area contributed by atoms with Gasteiger partial charge in [-0.3, -0.25) is 0 Å². The van der Waals surface area contributed by atoms with Crippen LogP contribution in [0.15, 0.2) is 60.7 Å². The maximum Gasteiger partial charge on any atom is 0.339 e. The fraction of sp³-hybridized carbons (Fsp3) is 0.609. The number of benzene rings is 2. The maximum absolute atomic E-state index is 13.5. The first-order chi connectivity index (χ1) is 25.4. The van der Waals surface area contributed by atoms with Crippen molar-refractivity contribution in [1.82, 2.24) is 0 Å². The van der Waals surface area contributed by atoms with Gasteiger partial charge in [0.1, 0.15) is 6.10 Å². The van der Waals surface area contributed by atoms with Crippen LogP contribution in [-0.2, 0) is 9.47 Å². The Hall–Kier alpha value is -3.94. The molecule has 0 aromatic heterocycles. The highest BCUT2D eigenvalue weighted by Gasteiger charge is 2.71. The summed E-state index contributed by atoms with van der Waals surface area (Å²) >= 11 is 0. The van der Waals surface area contributed by atoms with Crippen molar-refractivity contribution in [2.75, 3.05) is 6.61 Å². The number of carbonyl (C=O) groups excluding carboxylic acids is 2. The summed E-state index contributed by atoms with van der Waals surface area (Å²) in [5.41, 5.74) is 1.09. The molecule has 7 rings (SSSR count). The summed E-state index contributed by atoms with van der Waals surface area (Å²) in [5, 5.41) is 19.5. The van der Waals surface area contributed by atoms with E-state index in [1.807, 2.05) is 0 Å². The van der Waals surface area contributed by atoms with Gasteiger partial charge in [0.2, 0.25) is 0 Å². The second-order valence-electron chi connectivity index (χ2n) is 19.1. The first-order valence-corrected chi connectivity index (χ1v) is 20.1. The highest BCUT2D eigenvalue weighted by atomic mass is 16.5. The van der Waals surface area contributed by atoms with Crippen LogP contribution < -0.4 is 0 Å². The number of ether oxygens (including phenoxy) is 2. The van der Waals surface area contributed by atoms with Gasteiger partial charge in [0.25, 0.3) is 0 Å². The molecule has 2 aromatic carbocycles. The molecule has 0 aliphatic heterocycles. The minimum Gasteiger partial charge on any atom is -0.478 e. The molecule has 5 saturated carbocycles. The lowest BCUT2D eigenvalue weighted by Crippen LogP contribution is -2.67. The zero-order chi connectivity index (χ0) is 39.0. The number of carbonyl (C=O) groups is 4. The van der Waals surface area contributed by atoms with Crippen molar-refractivity contribution in [3.05, 3.63) is 82.9 Å². The number of hydrogen-bond donors (Lipinski definition) is 2. The molecule has 54 heavy (non-hydrogen) atoms. The zero-order valence-corrected chi connectivity index (χ0v) is 32.9. The molecule has 8 nitrogen and oxygen atoms in total. The largest absolute Gasteiger partial charge is 0.478 e. The Kier molecular flexibility index (Phi) is 9.49. The Labute approximate surface area is 320 Å². The average molecular weight is 739 g/mol. The fourth-order valence-corrected chi connectivity index (χ4v) is 13.9. The van der Waals surface area contributed by atoms with Gasteiger partial charge < -0.3 is 19.7 Å². The first kappa shape index (κ1) is 38.3. The van der Waals surface area contributed by atoms with E-state index in [0.717, 1.165) is 64.2 Å². The third-order valence-corrected chi connectivity index (χ3v) is 16.7. The molecule has 10 atom stereocenters. The van der Waals surface area contributed by atoms with Gasteiger partial charge in [-0.15, -0.1) is 0 Å². The Morgan fingerprint density at radius 3 is 1.87 bits per heavy atom. The van der Waals surface area contributed by atoms with Gasteiger partial charge in [-0.2, -0.15) is 0 Å². The average Bonchev–Trinajstić information content (AvgIpc) is 3.52. The molecule has 5 aliphatic carbocycles. The monoisotopic (exact) mass is 738 g/mol. The lowest BCUT2D eigenvalue weighted by Gasteiger charge is -2.73. The quantitative estimate of drug-likeness (QED) is 0.202. The summed E-state index contributed by atoms with van der Waals surface area (Å²) in [7, 11) is 0. The van der Waals surface area contributed by atoms with E-state index >= 15 is 0 Å². The summed E-state index contributed by atoms with van der Waals surface area (Å²) in [6.45, 7) is 19.1. The zero-order valence-electron chi connectivity index (χ0n) is 32.9. The van der Waals surface area contributed by atoms with Crippen LogP contribution in [0.3, 0.4) is 0 Å². The summed E-state index contributed by atoms with van der Waals surface area (Å²) in [4.78, 5) is 50.7. The standard InChI is InChI=1S/C46H58O8/c1-27(2)28-18-23-46(26-53-40(51)31-14-10-8-12-29(31)38(47)48)25-24-44(6)33(37(28)46)16-17-35-43(5)21-20-36(42(3,4)34(43)19-22-45(35,44)7)54-41(52)32-15-11-9-13-30(32)39(49)50/h8-15,28,33-37H,1,16-26H2,2-7H3,(H,47,48)(H,49,50)/t28-,33+,34+,35+,36-,37-,43-,44-,45+,46+/m0/s1. The third kappa shape index (κ3) is 5.67. The molecule has 290 valence electrons. The van der Waals surface area contributed by atoms with Crippen LogP contribution in [0.5, 0.6) is 0 Å². The van der Waals surface area contributed by atoms with Crippen molar-refractivity contribution in [1.29, 1.82) is 0 Å². The molecule has 0 unspecified atom stereocenters. The maximum atomic E-state index is 13.5. The molecular weight excluding hydrogens is 680 g/mol. The Morgan fingerprint density at radius 1 is 0.685 bits per heavy atom. The van der Waals surface area contributed by atoms with Gasteiger partial charge in [0.05, 0.1) is 28.9 Å². The molecule has 5 aliphatic rings. The van der Waals surface area contributed by atoms with Gasteiger partial charge in [0, 0.05) is 10.8 Å². The molecular formula is C46H58O8. The summed E-state index contributed by atoms with van der Waals surface area (Å²) in [5.74, 6) is -1.43. The van der Waals surface area contributed by atoms with Crippen LogP contribution in [0.4, 0.5) is 0 Å². The highest BCUT2D eigenvalue weighted by molar-refractivity contribution is 6.03. The Bertz CT molecular complexity index is 1880. The van der Waals surface area contributed by atoms with Crippen molar-refractivity contribution in [2.24, 2.45) is 56.7 Å². The SMILES string of the molecule is C=C(C)[C@@H]1CC[C@]2(COC(=O)c3ccccc3C(=O)O)CC[C@@]3(C)[C@H](CC[C@@H]4[C@@]5(C)CC[C@H](OC(=O)c6ccccc6C(=O)O)C(C)(C)[C@H]5CC[C@]43C)[C@H]12. The molecule has 0 saturated heterocycles. The molecule has 8 heteroatoms. The summed E-state index contributed by atoms with van der Waals surface area (Å²) in [6, 6.07) is 12.6. The van der Waals surface area contributed by atoms with E-state index in [1.165, 1.54) is 17.7 Å². The molecule has 0 heterocycles. The topological polar surface area (TPSA) is 127 Å². The highest BCUT2D eigenvalue weighted by Crippen LogP contribution is 2.77. The third-order valence-electron chi connectivity index (χ3n) is 16.7. The number of carboxylic acid groups (broad SMARTS) is 2. The lowest BCUT2D eigenvalue weighted by atomic mass is 9.32. The molecule has 0 amide bonds. The first-order valence-electron chi connectivity index (χ1n) is 20.1. The van der Waals surface area contributed by atoms with Crippen LogP contribution in [-0.4, -0.2) is 46.8 Å². The molecule has 0 bridgehead atoms.